The number of likely N-dealkylation sites (tertiary alicyclic amines) is 1. The van der Waals surface area contributed by atoms with Gasteiger partial charge in [0.05, 0.1) is 22.5 Å². The summed E-state index contributed by atoms with van der Waals surface area (Å²) in [5.74, 6) is -3.30. The average molecular weight is 538 g/mol. The minimum absolute atomic E-state index is 0.106. The van der Waals surface area contributed by atoms with Crippen LogP contribution in [0.4, 0.5) is 8.78 Å². The van der Waals surface area contributed by atoms with Gasteiger partial charge in [-0.05, 0) is 43.4 Å². The lowest BCUT2D eigenvalue weighted by molar-refractivity contribution is -0.00609. The van der Waals surface area contributed by atoms with Crippen molar-refractivity contribution in [2.24, 2.45) is 11.8 Å². The minimum atomic E-state index is -2.76. The molecule has 2 amide bonds. The van der Waals surface area contributed by atoms with Crippen molar-refractivity contribution in [3.63, 3.8) is 0 Å². The third-order valence-electron chi connectivity index (χ3n) is 7.96. The molecule has 0 spiro atoms. The van der Waals surface area contributed by atoms with Gasteiger partial charge in [-0.15, -0.1) is 11.3 Å². The number of benzene rings is 2. The quantitative estimate of drug-likeness (QED) is 0.481. The Morgan fingerprint density at radius 2 is 2.00 bits per heavy atom. The summed E-state index contributed by atoms with van der Waals surface area (Å²) >= 11 is 1.45. The minimum Gasteiger partial charge on any atom is -0.493 e. The molecule has 38 heavy (non-hydrogen) atoms. The van der Waals surface area contributed by atoms with Gasteiger partial charge in [0.2, 0.25) is 5.92 Å². The summed E-state index contributed by atoms with van der Waals surface area (Å²) in [4.78, 5) is 34.2. The number of carbonyl (C=O) groups excluding carboxylic acids is 2. The zero-order chi connectivity index (χ0) is 26.6. The Morgan fingerprint density at radius 3 is 2.82 bits per heavy atom. The number of nitrogens with one attached hydrogen (secondary N) is 1. The Kier molecular flexibility index (Phi) is 6.21. The van der Waals surface area contributed by atoms with E-state index >= 15 is 0 Å². The number of halogens is 2. The maximum atomic E-state index is 14.4. The molecule has 0 radical (unpaired) electrons. The first-order chi connectivity index (χ1) is 18.2. The van der Waals surface area contributed by atoms with Crippen LogP contribution in [-0.4, -0.2) is 53.4 Å². The third-order valence-corrected chi connectivity index (χ3v) is 8.98. The molecule has 1 aliphatic carbocycles. The number of hydrogen-bond acceptors (Lipinski definition) is 5. The first kappa shape index (κ1) is 25.0. The summed E-state index contributed by atoms with van der Waals surface area (Å²) in [5.41, 5.74) is 3.72. The third kappa shape index (κ3) is 4.46. The number of alkyl halides is 2. The topological polar surface area (TPSA) is 71.5 Å². The number of thiazole rings is 1. The van der Waals surface area contributed by atoms with Crippen molar-refractivity contribution in [2.75, 3.05) is 19.7 Å². The number of fused-ring (bicyclic) bond motifs is 2. The van der Waals surface area contributed by atoms with E-state index in [0.717, 1.165) is 26.6 Å². The van der Waals surface area contributed by atoms with Gasteiger partial charge in [-0.3, -0.25) is 9.59 Å². The number of hydrogen-bond donors (Lipinski definition) is 1. The molecule has 0 bridgehead atoms. The van der Waals surface area contributed by atoms with Crippen molar-refractivity contribution in [2.45, 2.75) is 45.1 Å². The molecule has 3 heterocycles. The Labute approximate surface area is 224 Å². The van der Waals surface area contributed by atoms with Crippen LogP contribution >= 0.6 is 11.3 Å². The first-order valence-corrected chi connectivity index (χ1v) is 13.8. The molecule has 2 fully saturated rings. The number of aromatic nitrogens is 1. The van der Waals surface area contributed by atoms with Crippen LogP contribution in [0.1, 0.15) is 49.8 Å². The van der Waals surface area contributed by atoms with E-state index in [1.54, 1.807) is 17.0 Å². The van der Waals surface area contributed by atoms with E-state index in [0.29, 0.717) is 30.0 Å². The SMILES string of the molecule is Cc1cccc(-c2sc(C)nc2C(=O)N2C[C@@H]3CC(F)(F)C[C@@H]3[C@H]2CNC(=O)c2cccc3c2CCO3)c1. The molecule has 1 N–H and O–H groups in total. The zero-order valence-electron chi connectivity index (χ0n) is 21.3. The molecule has 1 saturated heterocycles. The second kappa shape index (κ2) is 9.45. The van der Waals surface area contributed by atoms with E-state index in [4.69, 9.17) is 4.74 Å². The first-order valence-electron chi connectivity index (χ1n) is 13.0. The molecule has 198 valence electrons. The molecule has 6 rings (SSSR count). The van der Waals surface area contributed by atoms with Crippen molar-refractivity contribution in [3.05, 3.63) is 69.9 Å². The molecular weight excluding hydrogens is 508 g/mol. The number of amides is 2. The van der Waals surface area contributed by atoms with E-state index in [-0.39, 0.29) is 49.6 Å². The number of ether oxygens (including phenoxy) is 1. The van der Waals surface area contributed by atoms with Crippen LogP contribution in [0.5, 0.6) is 5.75 Å². The Morgan fingerprint density at radius 1 is 1.18 bits per heavy atom. The maximum absolute atomic E-state index is 14.4. The van der Waals surface area contributed by atoms with Gasteiger partial charge in [0.1, 0.15) is 11.4 Å². The number of rotatable bonds is 5. The van der Waals surface area contributed by atoms with Crippen LogP contribution in [-0.2, 0) is 6.42 Å². The van der Waals surface area contributed by atoms with Gasteiger partial charge in [0.15, 0.2) is 0 Å². The van der Waals surface area contributed by atoms with E-state index in [2.05, 4.69) is 10.3 Å². The molecule has 3 atom stereocenters. The lowest BCUT2D eigenvalue weighted by atomic mass is 9.93. The van der Waals surface area contributed by atoms with E-state index < -0.39 is 12.0 Å². The van der Waals surface area contributed by atoms with E-state index in [9.17, 15) is 18.4 Å². The van der Waals surface area contributed by atoms with Gasteiger partial charge >= 0.3 is 0 Å². The zero-order valence-corrected chi connectivity index (χ0v) is 22.1. The van der Waals surface area contributed by atoms with Gasteiger partial charge in [0, 0.05) is 43.5 Å². The predicted octanol–water partition coefficient (Wildman–Crippen LogP) is 5.28. The molecule has 2 aromatic carbocycles. The van der Waals surface area contributed by atoms with Crippen molar-refractivity contribution in [1.29, 1.82) is 0 Å². The van der Waals surface area contributed by atoms with Gasteiger partial charge < -0.3 is 15.0 Å². The second-order valence-corrected chi connectivity index (χ2v) is 11.8. The summed E-state index contributed by atoms with van der Waals surface area (Å²) < 4.78 is 34.4. The van der Waals surface area contributed by atoms with Crippen molar-refractivity contribution < 1.29 is 23.1 Å². The molecule has 1 saturated carbocycles. The highest BCUT2D eigenvalue weighted by Gasteiger charge is 2.56. The average Bonchev–Trinajstić information content (AvgIpc) is 3.64. The molecule has 2 aliphatic heterocycles. The van der Waals surface area contributed by atoms with Gasteiger partial charge in [-0.1, -0.05) is 35.9 Å². The largest absolute Gasteiger partial charge is 0.493 e. The van der Waals surface area contributed by atoms with E-state index in [1.807, 2.05) is 44.2 Å². The van der Waals surface area contributed by atoms with Crippen LogP contribution in [0.25, 0.3) is 10.4 Å². The fourth-order valence-electron chi connectivity index (χ4n) is 6.31. The molecule has 6 nitrogen and oxygen atoms in total. The Hall–Kier alpha value is -3.33. The number of nitrogens with zero attached hydrogens (tertiary/aromatic N) is 2. The summed E-state index contributed by atoms with van der Waals surface area (Å²) in [6, 6.07) is 12.7. The molecule has 3 aromatic rings. The molecule has 9 heteroatoms. The summed E-state index contributed by atoms with van der Waals surface area (Å²) in [5, 5.41) is 3.72. The standard InChI is InChI=1S/C29H29F2N3O3S/c1-16-5-3-6-18(11-16)26-25(33-17(2)38-26)28(36)34-15-19-12-29(30,31)13-22(19)23(34)14-32-27(35)21-7-4-8-24-20(21)9-10-37-24/h3-8,11,19,22-23H,9-10,12-15H2,1-2H3,(H,32,35)/t19-,22-,23+/m0/s1. The van der Waals surface area contributed by atoms with Gasteiger partial charge in [-0.25, -0.2) is 13.8 Å². The maximum Gasteiger partial charge on any atom is 0.274 e. The number of carbonyl (C=O) groups is 2. The van der Waals surface area contributed by atoms with E-state index in [1.165, 1.54) is 11.3 Å². The molecule has 1 aromatic heterocycles. The summed E-state index contributed by atoms with van der Waals surface area (Å²) in [7, 11) is 0. The summed E-state index contributed by atoms with van der Waals surface area (Å²) in [6.45, 7) is 4.72. The fourth-order valence-corrected chi connectivity index (χ4v) is 7.22. The lowest BCUT2D eigenvalue weighted by Gasteiger charge is -2.29. The smallest absolute Gasteiger partial charge is 0.274 e. The number of aryl methyl sites for hydroxylation is 2. The van der Waals surface area contributed by atoms with Crippen LogP contribution < -0.4 is 10.1 Å². The van der Waals surface area contributed by atoms with Crippen LogP contribution in [0, 0.1) is 25.7 Å². The van der Waals surface area contributed by atoms with Crippen LogP contribution in [0.2, 0.25) is 0 Å². The fraction of sp³-hybridized carbons (Fsp3) is 0.414. The molecular formula is C29H29F2N3O3S. The highest BCUT2D eigenvalue weighted by atomic mass is 32.1. The molecule has 3 aliphatic rings. The highest BCUT2D eigenvalue weighted by molar-refractivity contribution is 7.15. The van der Waals surface area contributed by atoms with Gasteiger partial charge in [0.25, 0.3) is 11.8 Å². The monoisotopic (exact) mass is 537 g/mol. The van der Waals surface area contributed by atoms with Crippen LogP contribution in [0.15, 0.2) is 42.5 Å². The van der Waals surface area contributed by atoms with Crippen LogP contribution in [0.3, 0.4) is 0 Å². The normalized spacial score (nSPS) is 23.2. The Balaban J connectivity index is 1.28. The summed E-state index contributed by atoms with van der Waals surface area (Å²) in [6.07, 6.45) is 0.127. The van der Waals surface area contributed by atoms with Crippen molar-refractivity contribution in [3.8, 4) is 16.2 Å². The van der Waals surface area contributed by atoms with Crippen molar-refractivity contribution >= 4 is 23.2 Å². The van der Waals surface area contributed by atoms with Gasteiger partial charge in [-0.2, -0.15) is 0 Å². The highest BCUT2D eigenvalue weighted by Crippen LogP contribution is 2.50. The molecule has 0 unspecified atom stereocenters. The Bertz CT molecular complexity index is 1420. The predicted molar refractivity (Wildman–Crippen MR) is 141 cm³/mol. The lowest BCUT2D eigenvalue weighted by Crippen LogP contribution is -2.46. The van der Waals surface area contributed by atoms with Crippen molar-refractivity contribution in [1.82, 2.24) is 15.2 Å². The second-order valence-electron chi connectivity index (χ2n) is 10.6.